The molecule has 0 saturated carbocycles. The summed E-state index contributed by atoms with van der Waals surface area (Å²) in [5.74, 6) is 0.458. The van der Waals surface area contributed by atoms with Crippen molar-refractivity contribution in [3.63, 3.8) is 0 Å². The summed E-state index contributed by atoms with van der Waals surface area (Å²) in [4.78, 5) is 0. The molecule has 0 unspecified atom stereocenters. The molecule has 0 aliphatic heterocycles. The molecule has 0 atom stereocenters. The highest BCUT2D eigenvalue weighted by molar-refractivity contribution is 5.90. The fourth-order valence-electron chi connectivity index (χ4n) is 2.63. The SMILES string of the molecule is Cc1ccc(/C=N\Nc2nnnn2-c2cccc3ccccc23)cc1. The first kappa shape index (κ1) is 15.0. The minimum Gasteiger partial charge on any atom is -0.244 e. The van der Waals surface area contributed by atoms with Gasteiger partial charge in [0.15, 0.2) is 0 Å². The van der Waals surface area contributed by atoms with Gasteiger partial charge in [0.1, 0.15) is 0 Å². The normalized spacial score (nSPS) is 11.2. The Hall–Kier alpha value is -3.54. The van der Waals surface area contributed by atoms with Crippen LogP contribution in [0.25, 0.3) is 16.5 Å². The second-order valence-electron chi connectivity index (χ2n) is 5.69. The number of benzene rings is 3. The van der Waals surface area contributed by atoms with Crippen LogP contribution in [0.4, 0.5) is 5.95 Å². The molecule has 4 rings (SSSR count). The molecule has 1 aromatic heterocycles. The quantitative estimate of drug-likeness (QED) is 0.459. The number of anilines is 1. The minimum atomic E-state index is 0.458. The molecule has 1 N–H and O–H groups in total. The van der Waals surface area contributed by atoms with E-state index in [9.17, 15) is 0 Å². The number of fused-ring (bicyclic) bond motifs is 1. The van der Waals surface area contributed by atoms with Crippen LogP contribution in [-0.2, 0) is 0 Å². The topological polar surface area (TPSA) is 68.0 Å². The number of nitrogens with zero attached hydrogens (tertiary/aromatic N) is 5. The number of rotatable bonds is 4. The number of hydrazone groups is 1. The first-order valence-corrected chi connectivity index (χ1v) is 7.93. The van der Waals surface area contributed by atoms with E-state index in [1.165, 1.54) is 5.56 Å². The maximum atomic E-state index is 4.24. The molecule has 6 heteroatoms. The van der Waals surface area contributed by atoms with Gasteiger partial charge in [-0.05, 0) is 34.4 Å². The fourth-order valence-corrected chi connectivity index (χ4v) is 2.63. The predicted molar refractivity (Wildman–Crippen MR) is 99.1 cm³/mol. The molecule has 0 aliphatic carbocycles. The van der Waals surface area contributed by atoms with Crippen LogP contribution >= 0.6 is 0 Å². The molecule has 1 heterocycles. The molecule has 3 aromatic carbocycles. The highest BCUT2D eigenvalue weighted by atomic mass is 15.6. The summed E-state index contributed by atoms with van der Waals surface area (Å²) in [7, 11) is 0. The Kier molecular flexibility index (Phi) is 3.92. The third-order valence-corrected chi connectivity index (χ3v) is 3.92. The van der Waals surface area contributed by atoms with Crippen LogP contribution in [0.3, 0.4) is 0 Å². The molecule has 4 aromatic rings. The monoisotopic (exact) mass is 328 g/mol. The third-order valence-electron chi connectivity index (χ3n) is 3.92. The second kappa shape index (κ2) is 6.52. The van der Waals surface area contributed by atoms with Crippen molar-refractivity contribution in [1.82, 2.24) is 20.2 Å². The van der Waals surface area contributed by atoms with Gasteiger partial charge in [0.25, 0.3) is 5.95 Å². The molecule has 25 heavy (non-hydrogen) atoms. The predicted octanol–water partition coefficient (Wildman–Crippen LogP) is 3.57. The molecular formula is C19H16N6. The van der Waals surface area contributed by atoms with Gasteiger partial charge in [-0.1, -0.05) is 71.3 Å². The smallest absolute Gasteiger partial charge is 0.244 e. The van der Waals surface area contributed by atoms with E-state index in [0.717, 1.165) is 22.0 Å². The molecule has 0 fully saturated rings. The lowest BCUT2D eigenvalue weighted by molar-refractivity contribution is 0.794. The third kappa shape index (κ3) is 3.10. The minimum absolute atomic E-state index is 0.458. The number of nitrogens with one attached hydrogen (secondary N) is 1. The maximum Gasteiger partial charge on any atom is 0.268 e. The Morgan fingerprint density at radius 1 is 0.960 bits per heavy atom. The Bertz CT molecular complexity index is 1030. The van der Waals surface area contributed by atoms with Crippen molar-refractivity contribution in [2.45, 2.75) is 6.92 Å². The summed E-state index contributed by atoms with van der Waals surface area (Å²) in [6.45, 7) is 2.05. The van der Waals surface area contributed by atoms with Gasteiger partial charge in [0.05, 0.1) is 11.9 Å². The van der Waals surface area contributed by atoms with Crippen LogP contribution in [0.15, 0.2) is 71.8 Å². The van der Waals surface area contributed by atoms with Gasteiger partial charge in [0, 0.05) is 5.39 Å². The van der Waals surface area contributed by atoms with Gasteiger partial charge in [-0.15, -0.1) is 0 Å². The number of aromatic nitrogens is 4. The van der Waals surface area contributed by atoms with Crippen molar-refractivity contribution in [3.05, 3.63) is 77.9 Å². The summed E-state index contributed by atoms with van der Waals surface area (Å²) in [5.41, 5.74) is 6.03. The summed E-state index contributed by atoms with van der Waals surface area (Å²) in [6, 6.07) is 22.2. The van der Waals surface area contributed by atoms with Crippen LogP contribution in [0.1, 0.15) is 11.1 Å². The van der Waals surface area contributed by atoms with E-state index in [1.807, 2.05) is 54.6 Å². The number of hydrogen-bond acceptors (Lipinski definition) is 5. The van der Waals surface area contributed by atoms with Crippen molar-refractivity contribution in [3.8, 4) is 5.69 Å². The van der Waals surface area contributed by atoms with Crippen molar-refractivity contribution in [2.24, 2.45) is 5.10 Å². The lowest BCUT2D eigenvalue weighted by atomic mass is 10.1. The van der Waals surface area contributed by atoms with E-state index in [0.29, 0.717) is 5.95 Å². The van der Waals surface area contributed by atoms with Crippen molar-refractivity contribution in [1.29, 1.82) is 0 Å². The van der Waals surface area contributed by atoms with Gasteiger partial charge >= 0.3 is 0 Å². The van der Waals surface area contributed by atoms with E-state index in [-0.39, 0.29) is 0 Å². The van der Waals surface area contributed by atoms with Crippen LogP contribution in [0.2, 0.25) is 0 Å². The summed E-state index contributed by atoms with van der Waals surface area (Å²) < 4.78 is 1.65. The zero-order valence-electron chi connectivity index (χ0n) is 13.7. The zero-order chi connectivity index (χ0) is 17.1. The molecule has 0 amide bonds. The number of hydrogen-bond donors (Lipinski definition) is 1. The van der Waals surface area contributed by atoms with Gasteiger partial charge in [-0.2, -0.15) is 9.78 Å². The van der Waals surface area contributed by atoms with Crippen LogP contribution in [0.5, 0.6) is 0 Å². The lowest BCUT2D eigenvalue weighted by Crippen LogP contribution is -2.04. The number of aryl methyl sites for hydroxylation is 1. The molecule has 0 spiro atoms. The molecule has 122 valence electrons. The van der Waals surface area contributed by atoms with Gasteiger partial charge in [0.2, 0.25) is 0 Å². The number of tetrazole rings is 1. The van der Waals surface area contributed by atoms with Crippen LogP contribution < -0.4 is 5.43 Å². The maximum absolute atomic E-state index is 4.24. The Labute approximate surface area is 144 Å². The average molecular weight is 328 g/mol. The van der Waals surface area contributed by atoms with Crippen molar-refractivity contribution < 1.29 is 0 Å². The van der Waals surface area contributed by atoms with Crippen LogP contribution in [-0.4, -0.2) is 26.4 Å². The van der Waals surface area contributed by atoms with Gasteiger partial charge in [-0.3, -0.25) is 0 Å². The highest BCUT2D eigenvalue weighted by Crippen LogP contribution is 2.23. The van der Waals surface area contributed by atoms with Crippen molar-refractivity contribution >= 4 is 22.9 Å². The largest absolute Gasteiger partial charge is 0.268 e. The van der Waals surface area contributed by atoms with Gasteiger partial charge in [-0.25, -0.2) is 5.43 Å². The summed E-state index contributed by atoms with van der Waals surface area (Å²) in [6.07, 6.45) is 1.74. The molecule has 0 saturated heterocycles. The highest BCUT2D eigenvalue weighted by Gasteiger charge is 2.10. The Balaban J connectivity index is 1.63. The molecule has 0 bridgehead atoms. The zero-order valence-corrected chi connectivity index (χ0v) is 13.7. The van der Waals surface area contributed by atoms with E-state index in [4.69, 9.17) is 0 Å². The van der Waals surface area contributed by atoms with E-state index >= 15 is 0 Å². The lowest BCUT2D eigenvalue weighted by Gasteiger charge is -2.07. The first-order valence-electron chi connectivity index (χ1n) is 7.93. The fraction of sp³-hybridized carbons (Fsp3) is 0.0526. The van der Waals surface area contributed by atoms with E-state index < -0.39 is 0 Å². The Morgan fingerprint density at radius 3 is 2.64 bits per heavy atom. The average Bonchev–Trinajstić information content (AvgIpc) is 3.11. The van der Waals surface area contributed by atoms with E-state index in [2.05, 4.69) is 45.1 Å². The van der Waals surface area contributed by atoms with E-state index in [1.54, 1.807) is 10.9 Å². The summed E-state index contributed by atoms with van der Waals surface area (Å²) >= 11 is 0. The first-order chi connectivity index (χ1) is 12.3. The van der Waals surface area contributed by atoms with Crippen molar-refractivity contribution in [2.75, 3.05) is 5.43 Å². The second-order valence-corrected chi connectivity index (χ2v) is 5.69. The standard InChI is InChI=1S/C19H16N6/c1-14-9-11-15(12-10-14)13-20-21-19-22-23-24-25(19)18-8-4-6-16-5-2-3-7-17(16)18/h2-13H,1H3,(H,21,22,24)/b20-13-. The molecule has 6 nitrogen and oxygen atoms in total. The molecule has 0 aliphatic rings. The van der Waals surface area contributed by atoms with Crippen LogP contribution in [0, 0.1) is 6.92 Å². The Morgan fingerprint density at radius 2 is 1.76 bits per heavy atom. The van der Waals surface area contributed by atoms with Gasteiger partial charge < -0.3 is 0 Å². The molecule has 0 radical (unpaired) electrons. The summed E-state index contributed by atoms with van der Waals surface area (Å²) in [5, 5.41) is 18.3. The molecular weight excluding hydrogens is 312 g/mol.